The summed E-state index contributed by atoms with van der Waals surface area (Å²) in [4.78, 5) is 0. The predicted molar refractivity (Wildman–Crippen MR) is 62.4 cm³/mol. The van der Waals surface area contributed by atoms with Crippen LogP contribution in [0.1, 0.15) is 5.56 Å². The van der Waals surface area contributed by atoms with Gasteiger partial charge in [0.2, 0.25) is 0 Å². The first-order valence-corrected chi connectivity index (χ1v) is 4.55. The number of hydrogen-bond donors (Lipinski definition) is 1. The van der Waals surface area contributed by atoms with Gasteiger partial charge in [0, 0.05) is 27.0 Å². The van der Waals surface area contributed by atoms with Crippen LogP contribution in [-0.2, 0) is 14.0 Å². The van der Waals surface area contributed by atoms with Crippen LogP contribution in [0.5, 0.6) is 0 Å². The lowest BCUT2D eigenvalue weighted by Gasteiger charge is -2.01. The minimum absolute atomic E-state index is 0.514. The number of anilines is 1. The molecule has 1 aromatic carbocycles. The number of rotatable bonds is 3. The van der Waals surface area contributed by atoms with Crippen LogP contribution < -0.4 is 5.73 Å². The largest absolute Gasteiger partial charge is 0.638 e. The molecule has 4 nitrogen and oxygen atoms in total. The van der Waals surface area contributed by atoms with E-state index in [1.165, 1.54) is 21.3 Å². The van der Waals surface area contributed by atoms with E-state index < -0.39 is 7.32 Å². The SMILES string of the molecule is COB(OC)OC.Cc1ccccc1N. The molecule has 2 N–H and O–H groups in total. The number of benzene rings is 1. The van der Waals surface area contributed by atoms with Gasteiger partial charge in [0.15, 0.2) is 0 Å². The molecule has 0 atom stereocenters. The Hall–Kier alpha value is -1.04. The summed E-state index contributed by atoms with van der Waals surface area (Å²) < 4.78 is 13.8. The van der Waals surface area contributed by atoms with Gasteiger partial charge in [0.05, 0.1) is 0 Å². The van der Waals surface area contributed by atoms with Crippen molar-refractivity contribution >= 4 is 13.0 Å². The van der Waals surface area contributed by atoms with Crippen molar-refractivity contribution in [3.8, 4) is 0 Å². The molecule has 1 rings (SSSR count). The summed E-state index contributed by atoms with van der Waals surface area (Å²) >= 11 is 0. The second-order valence-corrected chi connectivity index (χ2v) is 2.85. The third kappa shape index (κ3) is 6.12. The van der Waals surface area contributed by atoms with Gasteiger partial charge < -0.3 is 19.7 Å². The van der Waals surface area contributed by atoms with E-state index in [0.717, 1.165) is 11.3 Å². The van der Waals surface area contributed by atoms with E-state index in [9.17, 15) is 0 Å². The molecule has 0 aliphatic rings. The maximum absolute atomic E-state index is 5.52. The highest BCUT2D eigenvalue weighted by molar-refractivity contribution is 6.36. The fraction of sp³-hybridized carbons (Fsp3) is 0.400. The highest BCUT2D eigenvalue weighted by atomic mass is 16.7. The van der Waals surface area contributed by atoms with Crippen molar-refractivity contribution in [2.75, 3.05) is 27.1 Å². The van der Waals surface area contributed by atoms with Crippen LogP contribution >= 0.6 is 0 Å². The van der Waals surface area contributed by atoms with Gasteiger partial charge in [0.1, 0.15) is 0 Å². The van der Waals surface area contributed by atoms with Crippen molar-refractivity contribution in [1.29, 1.82) is 0 Å². The Morgan fingerprint density at radius 1 is 1.00 bits per heavy atom. The van der Waals surface area contributed by atoms with Gasteiger partial charge in [0.25, 0.3) is 0 Å². The average Bonchev–Trinajstić information content (AvgIpc) is 2.26. The van der Waals surface area contributed by atoms with Crippen LogP contribution in [0.3, 0.4) is 0 Å². The van der Waals surface area contributed by atoms with Crippen LogP contribution in [0.15, 0.2) is 24.3 Å². The highest BCUT2D eigenvalue weighted by Gasteiger charge is 2.12. The maximum Gasteiger partial charge on any atom is 0.638 e. The monoisotopic (exact) mass is 211 g/mol. The smallest absolute Gasteiger partial charge is 0.399 e. The van der Waals surface area contributed by atoms with Gasteiger partial charge in [-0.2, -0.15) is 0 Å². The summed E-state index contributed by atoms with van der Waals surface area (Å²) in [6.45, 7) is 2.00. The molecular weight excluding hydrogens is 193 g/mol. The molecule has 15 heavy (non-hydrogen) atoms. The minimum atomic E-state index is -0.514. The number of nitrogens with two attached hydrogens (primary N) is 1. The Bertz CT molecular complexity index is 240. The summed E-state index contributed by atoms with van der Waals surface area (Å²) in [6.07, 6.45) is 0. The van der Waals surface area contributed by atoms with Gasteiger partial charge in [-0.1, -0.05) is 18.2 Å². The van der Waals surface area contributed by atoms with Crippen molar-refractivity contribution in [3.63, 3.8) is 0 Å². The molecule has 0 saturated heterocycles. The molecule has 0 aliphatic carbocycles. The average molecular weight is 211 g/mol. The van der Waals surface area contributed by atoms with E-state index in [0.29, 0.717) is 0 Å². The Morgan fingerprint density at radius 3 is 1.67 bits per heavy atom. The molecule has 84 valence electrons. The van der Waals surface area contributed by atoms with Gasteiger partial charge in [-0.05, 0) is 18.6 Å². The topological polar surface area (TPSA) is 53.7 Å². The van der Waals surface area contributed by atoms with Crippen LogP contribution in [0, 0.1) is 6.92 Å². The second-order valence-electron chi connectivity index (χ2n) is 2.85. The van der Waals surface area contributed by atoms with Crippen molar-refractivity contribution in [2.24, 2.45) is 0 Å². The Kier molecular flexibility index (Phi) is 7.72. The lowest BCUT2D eigenvalue weighted by molar-refractivity contribution is 0.163. The summed E-state index contributed by atoms with van der Waals surface area (Å²) in [5, 5.41) is 0. The number of hydrogen-bond acceptors (Lipinski definition) is 4. The van der Waals surface area contributed by atoms with E-state index in [-0.39, 0.29) is 0 Å². The third-order valence-corrected chi connectivity index (χ3v) is 1.77. The van der Waals surface area contributed by atoms with E-state index in [1.807, 2.05) is 31.2 Å². The van der Waals surface area contributed by atoms with E-state index >= 15 is 0 Å². The molecule has 0 radical (unpaired) electrons. The third-order valence-electron chi connectivity index (χ3n) is 1.77. The van der Waals surface area contributed by atoms with Crippen molar-refractivity contribution in [1.82, 2.24) is 0 Å². The molecule has 0 heterocycles. The van der Waals surface area contributed by atoms with Crippen molar-refractivity contribution < 1.29 is 14.0 Å². The predicted octanol–water partition coefficient (Wildman–Crippen LogP) is 1.49. The zero-order chi connectivity index (χ0) is 11.7. The molecule has 0 aliphatic heterocycles. The number of para-hydroxylation sites is 1. The summed E-state index contributed by atoms with van der Waals surface area (Å²) in [7, 11) is 4.02. The van der Waals surface area contributed by atoms with Crippen LogP contribution in [-0.4, -0.2) is 28.7 Å². The molecule has 5 heteroatoms. The molecule has 0 unspecified atom stereocenters. The van der Waals surface area contributed by atoms with E-state index in [2.05, 4.69) is 14.0 Å². The molecule has 0 bridgehead atoms. The van der Waals surface area contributed by atoms with Crippen molar-refractivity contribution in [2.45, 2.75) is 6.92 Å². The van der Waals surface area contributed by atoms with Gasteiger partial charge in [-0.3, -0.25) is 0 Å². The summed E-state index contributed by atoms with van der Waals surface area (Å²) in [5.41, 5.74) is 7.53. The number of nitrogen functional groups attached to an aromatic ring is 1. The maximum atomic E-state index is 5.52. The molecule has 0 amide bonds. The van der Waals surface area contributed by atoms with Gasteiger partial charge in [-0.25, -0.2) is 0 Å². The van der Waals surface area contributed by atoms with E-state index in [1.54, 1.807) is 0 Å². The Labute approximate surface area is 91.5 Å². The summed E-state index contributed by atoms with van der Waals surface area (Å²) in [6, 6.07) is 7.80. The highest BCUT2D eigenvalue weighted by Crippen LogP contribution is 2.06. The normalized spacial score (nSPS) is 9.07. The second kappa shape index (κ2) is 8.29. The first kappa shape index (κ1) is 14.0. The Balaban J connectivity index is 0.000000265. The lowest BCUT2D eigenvalue weighted by atomic mass is 10.2. The van der Waals surface area contributed by atoms with Crippen LogP contribution in [0.25, 0.3) is 0 Å². The zero-order valence-corrected chi connectivity index (χ0v) is 9.69. The molecule has 0 saturated carbocycles. The van der Waals surface area contributed by atoms with Gasteiger partial charge >= 0.3 is 7.32 Å². The molecule has 0 spiro atoms. The molecule has 1 aromatic rings. The quantitative estimate of drug-likeness (QED) is 0.607. The lowest BCUT2D eigenvalue weighted by Crippen LogP contribution is -2.21. The zero-order valence-electron chi connectivity index (χ0n) is 9.69. The van der Waals surface area contributed by atoms with E-state index in [4.69, 9.17) is 5.73 Å². The number of aryl methyl sites for hydroxylation is 1. The fourth-order valence-corrected chi connectivity index (χ4v) is 0.875. The summed E-state index contributed by atoms with van der Waals surface area (Å²) in [5.74, 6) is 0. The fourth-order valence-electron chi connectivity index (χ4n) is 0.875. The van der Waals surface area contributed by atoms with Gasteiger partial charge in [-0.15, -0.1) is 0 Å². The van der Waals surface area contributed by atoms with Crippen LogP contribution in [0.2, 0.25) is 0 Å². The standard InChI is InChI=1S/C7H9N.C3H9BO3/c1-6-4-2-3-5-7(6)8;1-5-4(6-2)7-3/h2-5H,8H2,1H3;1-3H3. The van der Waals surface area contributed by atoms with Crippen LogP contribution in [0.4, 0.5) is 5.69 Å². The Morgan fingerprint density at radius 2 is 1.47 bits per heavy atom. The molecule has 0 fully saturated rings. The van der Waals surface area contributed by atoms with Crippen molar-refractivity contribution in [3.05, 3.63) is 29.8 Å². The first-order valence-electron chi connectivity index (χ1n) is 4.55. The first-order chi connectivity index (χ1) is 7.15. The molecular formula is C10H18BNO3. The minimum Gasteiger partial charge on any atom is -0.399 e. The molecule has 0 aromatic heterocycles.